The van der Waals surface area contributed by atoms with Crippen LogP contribution in [0.1, 0.15) is 30.4 Å². The molecule has 2 aromatic heterocycles. The Morgan fingerprint density at radius 1 is 1.41 bits per heavy atom. The number of fused-ring (bicyclic) bond motifs is 1. The van der Waals surface area contributed by atoms with E-state index in [9.17, 15) is 9.59 Å². The number of aromatic amines is 1. The van der Waals surface area contributed by atoms with E-state index in [1.165, 1.54) is 22.3 Å². The minimum absolute atomic E-state index is 0.0359. The number of carbonyl (C=O) groups excluding carboxylic acids is 2. The van der Waals surface area contributed by atoms with E-state index in [-0.39, 0.29) is 11.8 Å². The zero-order valence-corrected chi connectivity index (χ0v) is 16.0. The Morgan fingerprint density at radius 3 is 3.11 bits per heavy atom. The Morgan fingerprint density at radius 2 is 2.30 bits per heavy atom. The van der Waals surface area contributed by atoms with Crippen LogP contribution in [0.2, 0.25) is 0 Å². The van der Waals surface area contributed by atoms with Crippen molar-refractivity contribution in [1.82, 2.24) is 14.9 Å². The molecular formula is C20H22N4O2S. The lowest BCUT2D eigenvalue weighted by molar-refractivity contribution is -0.136. The normalized spacial score (nSPS) is 16.8. The van der Waals surface area contributed by atoms with Crippen LogP contribution in [0.25, 0.3) is 10.9 Å². The summed E-state index contributed by atoms with van der Waals surface area (Å²) in [6.45, 7) is 2.71. The van der Waals surface area contributed by atoms with Crippen molar-refractivity contribution in [2.24, 2.45) is 0 Å². The number of hydrogen-bond donors (Lipinski definition) is 2. The van der Waals surface area contributed by atoms with Crippen LogP contribution in [0.4, 0.5) is 5.13 Å². The molecule has 140 valence electrons. The van der Waals surface area contributed by atoms with Crippen LogP contribution in [0.5, 0.6) is 0 Å². The fraction of sp³-hybridized carbons (Fsp3) is 0.350. The summed E-state index contributed by atoms with van der Waals surface area (Å²) >= 11 is 1.38. The van der Waals surface area contributed by atoms with Gasteiger partial charge in [-0.25, -0.2) is 4.98 Å². The van der Waals surface area contributed by atoms with E-state index >= 15 is 0 Å². The number of aryl methyl sites for hydroxylation is 2. The van der Waals surface area contributed by atoms with Gasteiger partial charge in [0.15, 0.2) is 5.13 Å². The molecule has 1 atom stereocenters. The summed E-state index contributed by atoms with van der Waals surface area (Å²) < 4.78 is 0. The summed E-state index contributed by atoms with van der Waals surface area (Å²) in [5.41, 5.74) is 3.47. The first-order valence-electron chi connectivity index (χ1n) is 9.19. The third-order valence-corrected chi connectivity index (χ3v) is 5.84. The van der Waals surface area contributed by atoms with Crippen LogP contribution in [-0.2, 0) is 16.0 Å². The number of anilines is 1. The van der Waals surface area contributed by atoms with Crippen LogP contribution in [-0.4, -0.2) is 39.3 Å². The number of rotatable bonds is 5. The molecule has 0 spiro atoms. The molecule has 2 amide bonds. The highest BCUT2D eigenvalue weighted by Gasteiger charge is 2.34. The third-order valence-electron chi connectivity index (χ3n) is 5.16. The predicted octanol–water partition coefficient (Wildman–Crippen LogP) is 3.50. The lowest BCUT2D eigenvalue weighted by Crippen LogP contribution is -2.43. The molecule has 6 nitrogen and oxygen atoms in total. The molecule has 0 aliphatic carbocycles. The van der Waals surface area contributed by atoms with Crippen molar-refractivity contribution in [3.8, 4) is 0 Å². The molecule has 2 N–H and O–H groups in total. The molecule has 27 heavy (non-hydrogen) atoms. The second kappa shape index (κ2) is 7.52. The van der Waals surface area contributed by atoms with Crippen LogP contribution in [0, 0.1) is 6.92 Å². The number of nitrogens with zero attached hydrogens (tertiary/aromatic N) is 2. The highest BCUT2D eigenvalue weighted by Crippen LogP contribution is 2.24. The molecule has 7 heteroatoms. The second-order valence-electron chi connectivity index (χ2n) is 6.88. The molecule has 1 aliphatic heterocycles. The van der Waals surface area contributed by atoms with Crippen molar-refractivity contribution in [3.63, 3.8) is 0 Å². The van der Waals surface area contributed by atoms with Gasteiger partial charge in [0.05, 0.1) is 0 Å². The van der Waals surface area contributed by atoms with E-state index < -0.39 is 6.04 Å². The van der Waals surface area contributed by atoms with Gasteiger partial charge in [0.25, 0.3) is 0 Å². The minimum Gasteiger partial charge on any atom is -0.361 e. The maximum Gasteiger partial charge on any atom is 0.248 e. The van der Waals surface area contributed by atoms with Crippen LogP contribution in [0.15, 0.2) is 36.0 Å². The highest BCUT2D eigenvalue weighted by molar-refractivity contribution is 7.13. The van der Waals surface area contributed by atoms with Gasteiger partial charge in [-0.3, -0.25) is 9.59 Å². The van der Waals surface area contributed by atoms with Crippen molar-refractivity contribution in [1.29, 1.82) is 0 Å². The maximum atomic E-state index is 12.8. The fourth-order valence-electron chi connectivity index (χ4n) is 3.77. The number of nitrogens with one attached hydrogen (secondary N) is 2. The molecule has 4 rings (SSSR count). The van der Waals surface area contributed by atoms with Crippen molar-refractivity contribution in [3.05, 3.63) is 47.1 Å². The molecule has 1 saturated heterocycles. The Bertz CT molecular complexity index is 964. The van der Waals surface area contributed by atoms with Crippen molar-refractivity contribution in [2.45, 2.75) is 38.6 Å². The Labute approximate surface area is 161 Å². The highest BCUT2D eigenvalue weighted by atomic mass is 32.1. The summed E-state index contributed by atoms with van der Waals surface area (Å²) in [7, 11) is 0. The first kappa shape index (κ1) is 17.7. The molecule has 0 saturated carbocycles. The number of hydrogen-bond acceptors (Lipinski definition) is 4. The van der Waals surface area contributed by atoms with Crippen molar-refractivity contribution >= 4 is 39.2 Å². The number of H-pyrrole nitrogens is 1. The molecule has 0 bridgehead atoms. The molecule has 1 unspecified atom stereocenters. The van der Waals surface area contributed by atoms with E-state index in [2.05, 4.69) is 34.3 Å². The van der Waals surface area contributed by atoms with E-state index in [4.69, 9.17) is 0 Å². The number of para-hydroxylation sites is 1. The third kappa shape index (κ3) is 3.60. The Kier molecular flexibility index (Phi) is 4.94. The Balaban J connectivity index is 1.41. The molecule has 1 fully saturated rings. The number of likely N-dealkylation sites (tertiary alicyclic amines) is 1. The molecule has 0 radical (unpaired) electrons. The van der Waals surface area contributed by atoms with Crippen LogP contribution >= 0.6 is 11.3 Å². The molecular weight excluding hydrogens is 360 g/mol. The van der Waals surface area contributed by atoms with Gasteiger partial charge in [0.1, 0.15) is 6.04 Å². The van der Waals surface area contributed by atoms with E-state index in [1.54, 1.807) is 11.1 Å². The maximum absolute atomic E-state index is 12.8. The summed E-state index contributed by atoms with van der Waals surface area (Å²) in [6, 6.07) is 5.80. The summed E-state index contributed by atoms with van der Waals surface area (Å²) in [4.78, 5) is 34.4. The SMILES string of the molecule is Cc1cccc2c(CCC(=O)N3CCCC3C(=O)Nc3nccs3)c[nH]c12. The summed E-state index contributed by atoms with van der Waals surface area (Å²) in [6.07, 6.45) is 6.27. The van der Waals surface area contributed by atoms with Crippen molar-refractivity contribution < 1.29 is 9.59 Å². The van der Waals surface area contributed by atoms with E-state index in [1.807, 2.05) is 17.6 Å². The van der Waals surface area contributed by atoms with Gasteiger partial charge in [-0.1, -0.05) is 18.2 Å². The lowest BCUT2D eigenvalue weighted by atomic mass is 10.1. The van der Waals surface area contributed by atoms with Gasteiger partial charge in [0.2, 0.25) is 11.8 Å². The van der Waals surface area contributed by atoms with Gasteiger partial charge in [-0.05, 0) is 37.3 Å². The second-order valence-corrected chi connectivity index (χ2v) is 7.78. The quantitative estimate of drug-likeness (QED) is 0.709. The topological polar surface area (TPSA) is 78.1 Å². The lowest BCUT2D eigenvalue weighted by Gasteiger charge is -2.23. The largest absolute Gasteiger partial charge is 0.361 e. The molecule has 1 aliphatic rings. The first-order chi connectivity index (χ1) is 13.1. The molecule has 3 aromatic rings. The van der Waals surface area contributed by atoms with Crippen molar-refractivity contribution in [2.75, 3.05) is 11.9 Å². The minimum atomic E-state index is -0.397. The zero-order chi connectivity index (χ0) is 18.8. The Hall–Kier alpha value is -2.67. The number of amides is 2. The van der Waals surface area contributed by atoms with E-state index in [0.717, 1.165) is 17.5 Å². The number of thiazole rings is 1. The standard InChI is InChI=1S/C20H22N4O2S/c1-13-4-2-5-15-14(12-22-18(13)15)7-8-17(25)24-10-3-6-16(24)19(26)23-20-21-9-11-27-20/h2,4-5,9,11-12,16,22H,3,6-8,10H2,1H3,(H,21,23,26). The predicted molar refractivity (Wildman–Crippen MR) is 107 cm³/mol. The van der Waals surface area contributed by atoms with Gasteiger partial charge < -0.3 is 15.2 Å². The molecule has 1 aromatic carbocycles. The number of aromatic nitrogens is 2. The average molecular weight is 382 g/mol. The van der Waals surface area contributed by atoms with Gasteiger partial charge in [0, 0.05) is 41.6 Å². The number of benzene rings is 1. The average Bonchev–Trinajstić information content (AvgIpc) is 3.40. The van der Waals surface area contributed by atoms with E-state index in [0.29, 0.717) is 30.9 Å². The van der Waals surface area contributed by atoms with Gasteiger partial charge in [-0.2, -0.15) is 0 Å². The zero-order valence-electron chi connectivity index (χ0n) is 15.2. The summed E-state index contributed by atoms with van der Waals surface area (Å²) in [5, 5.41) is 6.38. The van der Waals surface area contributed by atoms with Gasteiger partial charge >= 0.3 is 0 Å². The number of carbonyl (C=O) groups is 2. The van der Waals surface area contributed by atoms with Crippen LogP contribution < -0.4 is 5.32 Å². The van der Waals surface area contributed by atoms with Gasteiger partial charge in [-0.15, -0.1) is 11.3 Å². The monoisotopic (exact) mass is 382 g/mol. The smallest absolute Gasteiger partial charge is 0.248 e. The molecule has 3 heterocycles. The fourth-order valence-corrected chi connectivity index (χ4v) is 4.30. The van der Waals surface area contributed by atoms with Crippen LogP contribution in [0.3, 0.4) is 0 Å². The summed E-state index contributed by atoms with van der Waals surface area (Å²) in [5.74, 6) is -0.104. The first-order valence-corrected chi connectivity index (χ1v) is 10.1.